The van der Waals surface area contributed by atoms with Gasteiger partial charge in [0, 0.05) is 42.5 Å². The van der Waals surface area contributed by atoms with Crippen molar-refractivity contribution < 1.29 is 33.6 Å². The maximum absolute atomic E-state index is 13.1. The fraction of sp³-hybridized carbons (Fsp3) is 0.619. The van der Waals surface area contributed by atoms with Gasteiger partial charge in [0.15, 0.2) is 5.50 Å². The van der Waals surface area contributed by atoms with Gasteiger partial charge in [-0.05, 0) is 0 Å². The minimum atomic E-state index is -1.42. The SMILES string of the molecule is CON=C(C(=O)N[C@@H]1C(=O)N2C(C(=O)[O-])=C(C[N+]34CCC(C(N)=O)(CC3)CC4)CS[C@@H]12)N1C=NSC1N. The molecule has 0 radical (unpaired) electrons. The Hall–Kier alpha value is -2.82. The van der Waals surface area contributed by atoms with Gasteiger partial charge in [0.1, 0.15) is 31.4 Å². The van der Waals surface area contributed by atoms with Gasteiger partial charge in [-0.25, -0.2) is 4.40 Å². The van der Waals surface area contributed by atoms with Gasteiger partial charge in [0.2, 0.25) is 11.7 Å². The van der Waals surface area contributed by atoms with Crippen molar-refractivity contribution in [3.8, 4) is 0 Å². The quantitative estimate of drug-likeness (QED) is 0.0766. The van der Waals surface area contributed by atoms with Crippen molar-refractivity contribution in [2.75, 3.05) is 39.0 Å². The minimum absolute atomic E-state index is 0.125. The number of amidine groups is 1. The normalized spacial score (nSPS) is 34.8. The van der Waals surface area contributed by atoms with Gasteiger partial charge >= 0.3 is 0 Å². The molecule has 4 saturated heterocycles. The number of nitrogens with one attached hydrogen (secondary N) is 1. The number of rotatable bonds is 6. The van der Waals surface area contributed by atoms with E-state index in [1.165, 1.54) is 35.0 Å². The van der Waals surface area contributed by atoms with Gasteiger partial charge < -0.3 is 36.0 Å². The van der Waals surface area contributed by atoms with Crippen LogP contribution in [0, 0.1) is 5.41 Å². The second kappa shape index (κ2) is 9.49. The summed E-state index contributed by atoms with van der Waals surface area (Å²) in [6.45, 7) is 2.66. The highest BCUT2D eigenvalue weighted by Crippen LogP contribution is 2.46. The van der Waals surface area contributed by atoms with Crippen LogP contribution in [-0.4, -0.2) is 106 Å². The molecular formula is C21H28N8O6S2. The van der Waals surface area contributed by atoms with Crippen molar-refractivity contribution in [2.45, 2.75) is 36.2 Å². The molecule has 0 spiro atoms. The number of fused-ring (bicyclic) bond motifs is 4. The molecule has 0 saturated carbocycles. The topological polar surface area (TPSA) is 196 Å². The summed E-state index contributed by atoms with van der Waals surface area (Å²) in [4.78, 5) is 57.5. The highest BCUT2D eigenvalue weighted by molar-refractivity contribution is 8.00. The molecule has 3 atom stereocenters. The summed E-state index contributed by atoms with van der Waals surface area (Å²) in [5.74, 6) is -2.72. The molecule has 6 rings (SSSR count). The molecule has 3 amide bonds. The summed E-state index contributed by atoms with van der Waals surface area (Å²) in [7, 11) is 1.27. The number of carbonyl (C=O) groups excluding carboxylic acids is 4. The standard InChI is InChI=1S/C21H28N8O6S2/c1-35-26-14(27-10-24-37-20(27)23)15(30)25-12-16(31)28-13(18(32)33)11(9-36-17(12)28)8-29-5-2-21(3-6-29,4-7-29)19(22)34/h10,12,17,20H,2-9,23H2,1H3,(H3-,22,25,30,32,33,34)/t12-,17+,20?,21?,29?/m1/s1. The van der Waals surface area contributed by atoms with Crippen LogP contribution in [0.3, 0.4) is 0 Å². The summed E-state index contributed by atoms with van der Waals surface area (Å²) in [6.07, 6.45) is 3.37. The first kappa shape index (κ1) is 25.8. The Morgan fingerprint density at radius 1 is 1.32 bits per heavy atom. The second-order valence-corrected chi connectivity index (χ2v) is 11.9. The zero-order chi connectivity index (χ0) is 26.5. The average Bonchev–Trinajstić information content (AvgIpc) is 3.31. The van der Waals surface area contributed by atoms with E-state index in [1.807, 2.05) is 0 Å². The number of hydrogen-bond acceptors (Lipinski definition) is 11. The zero-order valence-electron chi connectivity index (χ0n) is 20.1. The second-order valence-electron chi connectivity index (χ2n) is 9.89. The van der Waals surface area contributed by atoms with E-state index in [4.69, 9.17) is 16.3 Å². The molecule has 6 aliphatic rings. The maximum atomic E-state index is 13.1. The lowest BCUT2D eigenvalue weighted by Crippen LogP contribution is -2.72. The summed E-state index contributed by atoms with van der Waals surface area (Å²) in [6, 6.07) is -0.952. The van der Waals surface area contributed by atoms with Crippen LogP contribution in [0.4, 0.5) is 0 Å². The Labute approximate surface area is 221 Å². The number of oxime groups is 1. The number of thioether (sulfide) groups is 1. The van der Waals surface area contributed by atoms with Crippen LogP contribution in [0.5, 0.6) is 0 Å². The van der Waals surface area contributed by atoms with Gasteiger partial charge in [0.25, 0.3) is 11.8 Å². The average molecular weight is 553 g/mol. The van der Waals surface area contributed by atoms with Gasteiger partial charge in [-0.15, -0.1) is 11.8 Å². The first-order valence-electron chi connectivity index (χ1n) is 11.8. The Morgan fingerprint density at radius 3 is 2.54 bits per heavy atom. The molecule has 16 heteroatoms. The van der Waals surface area contributed by atoms with Crippen molar-refractivity contribution in [3.05, 3.63) is 11.3 Å². The van der Waals surface area contributed by atoms with E-state index in [0.29, 0.717) is 41.6 Å². The number of aliphatic carboxylic acids is 1. The first-order chi connectivity index (χ1) is 17.6. The number of primary amides is 1. The monoisotopic (exact) mass is 552 g/mol. The van der Waals surface area contributed by atoms with Crippen LogP contribution in [0.15, 0.2) is 20.8 Å². The van der Waals surface area contributed by atoms with E-state index < -0.39 is 40.1 Å². The van der Waals surface area contributed by atoms with Gasteiger partial charge in [-0.3, -0.25) is 24.2 Å². The van der Waals surface area contributed by atoms with Crippen LogP contribution in [0.2, 0.25) is 0 Å². The fourth-order valence-electron chi connectivity index (χ4n) is 5.80. The number of carboxylic acids is 1. The molecule has 4 fully saturated rings. The van der Waals surface area contributed by atoms with E-state index in [2.05, 4.69) is 14.9 Å². The molecule has 0 aliphatic carbocycles. The molecule has 5 N–H and O–H groups in total. The maximum Gasteiger partial charge on any atom is 0.291 e. The van der Waals surface area contributed by atoms with Crippen molar-refractivity contribution in [1.29, 1.82) is 0 Å². The first-order valence-corrected chi connectivity index (χ1v) is 13.7. The minimum Gasteiger partial charge on any atom is -0.543 e. The third kappa shape index (κ3) is 4.24. The molecule has 37 heavy (non-hydrogen) atoms. The number of nitrogens with two attached hydrogens (primary N) is 2. The van der Waals surface area contributed by atoms with Gasteiger partial charge in [-0.2, -0.15) is 0 Å². The van der Waals surface area contributed by atoms with Crippen LogP contribution in [0.25, 0.3) is 0 Å². The van der Waals surface area contributed by atoms with Crippen molar-refractivity contribution >= 4 is 59.6 Å². The molecule has 0 aromatic heterocycles. The van der Waals surface area contributed by atoms with Crippen LogP contribution >= 0.6 is 23.7 Å². The number of β-lactam (4-membered cyclic amide) rings is 1. The van der Waals surface area contributed by atoms with Crippen LogP contribution in [-0.2, 0) is 24.0 Å². The number of hydrogen-bond donors (Lipinski definition) is 3. The smallest absolute Gasteiger partial charge is 0.291 e. The van der Waals surface area contributed by atoms with Gasteiger partial charge in [-0.1, -0.05) is 5.16 Å². The Morgan fingerprint density at radius 2 is 2.00 bits per heavy atom. The Bertz CT molecular complexity index is 1120. The largest absolute Gasteiger partial charge is 0.543 e. The predicted octanol–water partition coefficient (Wildman–Crippen LogP) is -2.93. The fourth-order valence-corrected chi connectivity index (χ4v) is 7.67. The van der Waals surface area contributed by atoms with Crippen LogP contribution < -0.4 is 21.9 Å². The number of nitrogens with zero attached hydrogens (tertiary/aromatic N) is 5. The lowest BCUT2D eigenvalue weighted by molar-refractivity contribution is -0.940. The Kier molecular flexibility index (Phi) is 6.62. The lowest BCUT2D eigenvalue weighted by Gasteiger charge is -2.55. The zero-order valence-corrected chi connectivity index (χ0v) is 21.8. The molecular weight excluding hydrogens is 524 g/mol. The molecule has 14 nitrogen and oxygen atoms in total. The van der Waals surface area contributed by atoms with Crippen molar-refractivity contribution in [3.63, 3.8) is 0 Å². The third-order valence-electron chi connectivity index (χ3n) is 8.01. The Balaban J connectivity index is 1.31. The van der Waals surface area contributed by atoms with E-state index in [0.717, 1.165) is 31.6 Å². The number of piperidine rings is 3. The molecule has 0 aromatic rings. The molecule has 0 aromatic carbocycles. The van der Waals surface area contributed by atoms with Crippen molar-refractivity contribution in [1.82, 2.24) is 15.1 Å². The summed E-state index contributed by atoms with van der Waals surface area (Å²) in [5, 5.41) is 18.0. The molecule has 6 aliphatic heterocycles. The van der Waals surface area contributed by atoms with E-state index in [1.54, 1.807) is 0 Å². The third-order valence-corrected chi connectivity index (χ3v) is 10.0. The van der Waals surface area contributed by atoms with Crippen molar-refractivity contribution in [2.24, 2.45) is 26.4 Å². The number of quaternary nitrogens is 1. The molecule has 200 valence electrons. The summed E-state index contributed by atoms with van der Waals surface area (Å²) >= 11 is 2.42. The highest BCUT2D eigenvalue weighted by Gasteiger charge is 2.56. The van der Waals surface area contributed by atoms with E-state index in [9.17, 15) is 24.3 Å². The number of carboxylic acid groups (broad SMARTS) is 1. The molecule has 2 bridgehead atoms. The summed E-state index contributed by atoms with van der Waals surface area (Å²) < 4.78 is 4.60. The van der Waals surface area contributed by atoms with Gasteiger partial charge in [0.05, 0.1) is 36.7 Å². The molecule has 1 unspecified atom stereocenters. The lowest BCUT2D eigenvalue weighted by atomic mass is 9.70. The predicted molar refractivity (Wildman–Crippen MR) is 133 cm³/mol. The van der Waals surface area contributed by atoms with Crippen LogP contribution in [0.1, 0.15) is 19.3 Å². The number of amides is 3. The summed E-state index contributed by atoms with van der Waals surface area (Å²) in [5.41, 5.74) is 10.9. The highest BCUT2D eigenvalue weighted by atomic mass is 32.2. The molecule has 6 heterocycles. The number of carbonyl (C=O) groups is 4. The van der Waals surface area contributed by atoms with E-state index in [-0.39, 0.29) is 17.4 Å². The van der Waals surface area contributed by atoms with E-state index >= 15 is 0 Å².